The lowest BCUT2D eigenvalue weighted by atomic mass is 10.0. The first-order chi connectivity index (χ1) is 21.1. The molecule has 4 aromatic carbocycles. The van der Waals surface area contributed by atoms with E-state index < -0.39 is 28.5 Å². The summed E-state index contributed by atoms with van der Waals surface area (Å²) in [5.74, 6) is -0.233. The van der Waals surface area contributed by atoms with E-state index in [0.717, 1.165) is 26.6 Å². The molecule has 0 aliphatic heterocycles. The van der Waals surface area contributed by atoms with E-state index in [2.05, 4.69) is 5.32 Å². The zero-order chi connectivity index (χ0) is 31.7. The average molecular weight is 614 g/mol. The van der Waals surface area contributed by atoms with Gasteiger partial charge in [0.1, 0.15) is 18.3 Å². The second kappa shape index (κ2) is 14.7. The molecular formula is C35H39N3O5S. The van der Waals surface area contributed by atoms with Crippen molar-refractivity contribution in [3.05, 3.63) is 125 Å². The topological polar surface area (TPSA) is 96.0 Å². The lowest BCUT2D eigenvalue weighted by molar-refractivity contribution is -0.140. The Hall–Kier alpha value is -4.63. The van der Waals surface area contributed by atoms with E-state index in [1.807, 2.05) is 63.2 Å². The molecule has 0 bridgehead atoms. The SMILES string of the molecule is CCNC(=O)[C@H](Cc1ccccc1)N(Cc1cccc(OC)c1)C(=O)CN(c1ccc(C)cc1)S(=O)(=O)c1ccc(C)cc1. The maximum atomic E-state index is 14.4. The van der Waals surface area contributed by atoms with Crippen molar-refractivity contribution in [2.75, 3.05) is 24.5 Å². The van der Waals surface area contributed by atoms with Crippen molar-refractivity contribution in [1.82, 2.24) is 10.2 Å². The van der Waals surface area contributed by atoms with Crippen LogP contribution in [0.3, 0.4) is 0 Å². The summed E-state index contributed by atoms with van der Waals surface area (Å²) in [7, 11) is -2.59. The Morgan fingerprint density at radius 2 is 1.43 bits per heavy atom. The van der Waals surface area contributed by atoms with Crippen LogP contribution in [-0.4, -0.2) is 51.4 Å². The molecule has 0 saturated carbocycles. The molecule has 9 heteroatoms. The van der Waals surface area contributed by atoms with E-state index in [1.54, 1.807) is 55.6 Å². The molecule has 0 saturated heterocycles. The summed E-state index contributed by atoms with van der Waals surface area (Å²) in [6.07, 6.45) is 0.248. The number of hydrogen-bond acceptors (Lipinski definition) is 5. The Labute approximate surface area is 260 Å². The first kappa shape index (κ1) is 32.3. The van der Waals surface area contributed by atoms with Crippen LogP contribution < -0.4 is 14.4 Å². The monoisotopic (exact) mass is 613 g/mol. The molecule has 0 fully saturated rings. The Kier molecular flexibility index (Phi) is 10.8. The van der Waals surface area contributed by atoms with Crippen LogP contribution >= 0.6 is 0 Å². The van der Waals surface area contributed by atoms with Gasteiger partial charge in [-0.1, -0.05) is 77.9 Å². The van der Waals surface area contributed by atoms with Gasteiger partial charge in [0.15, 0.2) is 0 Å². The van der Waals surface area contributed by atoms with Gasteiger partial charge in [-0.25, -0.2) is 8.42 Å². The van der Waals surface area contributed by atoms with E-state index in [4.69, 9.17) is 4.74 Å². The molecule has 0 unspecified atom stereocenters. The predicted molar refractivity (Wildman–Crippen MR) is 173 cm³/mol. The number of ether oxygens (including phenoxy) is 1. The standard InChI is InChI=1S/C35H39N3O5S/c1-5-36-35(40)33(23-28-10-7-6-8-11-28)37(24-29-12-9-13-31(22-29)43-4)34(39)25-38(30-18-14-26(2)15-19-30)44(41,42)32-20-16-27(3)17-21-32/h6-22,33H,5,23-25H2,1-4H3,(H,36,40)/t33-/m0/s1. The largest absolute Gasteiger partial charge is 0.497 e. The number of nitrogens with zero attached hydrogens (tertiary/aromatic N) is 2. The first-order valence-corrected chi connectivity index (χ1v) is 16.0. The lowest BCUT2D eigenvalue weighted by Gasteiger charge is -2.34. The molecule has 0 aliphatic rings. The minimum atomic E-state index is -4.15. The fourth-order valence-corrected chi connectivity index (χ4v) is 6.30. The van der Waals surface area contributed by atoms with Crippen LogP contribution in [-0.2, 0) is 32.6 Å². The second-order valence-corrected chi connectivity index (χ2v) is 12.5. The number of carbonyl (C=O) groups excluding carboxylic acids is 2. The Morgan fingerprint density at radius 1 is 0.818 bits per heavy atom. The van der Waals surface area contributed by atoms with Gasteiger partial charge in [-0.3, -0.25) is 13.9 Å². The van der Waals surface area contributed by atoms with Gasteiger partial charge in [0.25, 0.3) is 10.0 Å². The van der Waals surface area contributed by atoms with E-state index >= 15 is 0 Å². The van der Waals surface area contributed by atoms with Crippen molar-refractivity contribution in [2.45, 2.75) is 44.7 Å². The molecule has 2 amide bonds. The minimum Gasteiger partial charge on any atom is -0.497 e. The van der Waals surface area contributed by atoms with Crippen LogP contribution in [0.5, 0.6) is 5.75 Å². The zero-order valence-electron chi connectivity index (χ0n) is 25.6. The van der Waals surface area contributed by atoms with Crippen molar-refractivity contribution in [1.29, 1.82) is 0 Å². The number of sulfonamides is 1. The molecule has 0 heterocycles. The number of likely N-dealkylation sites (N-methyl/N-ethyl adjacent to an activating group) is 1. The molecule has 8 nitrogen and oxygen atoms in total. The normalized spacial score (nSPS) is 11.8. The van der Waals surface area contributed by atoms with Crippen molar-refractivity contribution >= 4 is 27.5 Å². The fourth-order valence-electron chi connectivity index (χ4n) is 4.89. The van der Waals surface area contributed by atoms with Gasteiger partial charge in [0.05, 0.1) is 17.7 Å². The molecule has 0 spiro atoms. The number of hydrogen-bond donors (Lipinski definition) is 1. The summed E-state index contributed by atoms with van der Waals surface area (Å²) in [6, 6.07) is 29.3. The van der Waals surface area contributed by atoms with Crippen LogP contribution in [0, 0.1) is 13.8 Å². The summed E-state index contributed by atoms with van der Waals surface area (Å²) < 4.78 is 34.7. The van der Waals surface area contributed by atoms with Crippen molar-refractivity contribution < 1.29 is 22.7 Å². The van der Waals surface area contributed by atoms with Gasteiger partial charge in [0.2, 0.25) is 11.8 Å². The van der Waals surface area contributed by atoms with Crippen LogP contribution in [0.25, 0.3) is 0 Å². The number of nitrogens with one attached hydrogen (secondary N) is 1. The van der Waals surface area contributed by atoms with E-state index in [0.29, 0.717) is 18.0 Å². The number of amides is 2. The number of benzene rings is 4. The van der Waals surface area contributed by atoms with Gasteiger partial charge >= 0.3 is 0 Å². The Morgan fingerprint density at radius 3 is 2.05 bits per heavy atom. The first-order valence-electron chi connectivity index (χ1n) is 14.5. The molecule has 4 rings (SSSR count). The third kappa shape index (κ3) is 8.05. The van der Waals surface area contributed by atoms with Crippen molar-refractivity contribution in [2.24, 2.45) is 0 Å². The van der Waals surface area contributed by atoms with Crippen LogP contribution in [0.2, 0.25) is 0 Å². The highest BCUT2D eigenvalue weighted by Crippen LogP contribution is 2.26. The van der Waals surface area contributed by atoms with Crippen molar-refractivity contribution in [3.8, 4) is 5.75 Å². The van der Waals surface area contributed by atoms with E-state index in [9.17, 15) is 18.0 Å². The van der Waals surface area contributed by atoms with Crippen LogP contribution in [0.1, 0.15) is 29.2 Å². The Balaban J connectivity index is 1.80. The maximum Gasteiger partial charge on any atom is 0.264 e. The lowest BCUT2D eigenvalue weighted by Crippen LogP contribution is -2.53. The molecule has 1 N–H and O–H groups in total. The fraction of sp³-hybridized carbons (Fsp3) is 0.257. The average Bonchev–Trinajstić information content (AvgIpc) is 3.02. The number of methoxy groups -OCH3 is 1. The van der Waals surface area contributed by atoms with Crippen LogP contribution in [0.4, 0.5) is 5.69 Å². The zero-order valence-corrected chi connectivity index (χ0v) is 26.4. The maximum absolute atomic E-state index is 14.4. The van der Waals surface area contributed by atoms with Gasteiger partial charge in [-0.05, 0) is 68.3 Å². The van der Waals surface area contributed by atoms with Gasteiger partial charge in [0, 0.05) is 19.5 Å². The molecular weight excluding hydrogens is 574 g/mol. The molecule has 4 aromatic rings. The van der Waals surface area contributed by atoms with Gasteiger partial charge in [-0.2, -0.15) is 0 Å². The second-order valence-electron chi connectivity index (χ2n) is 10.6. The summed E-state index contributed by atoms with van der Waals surface area (Å²) in [5, 5.41) is 2.87. The number of carbonyl (C=O) groups is 2. The number of rotatable bonds is 13. The van der Waals surface area contributed by atoms with E-state index in [-0.39, 0.29) is 23.8 Å². The molecule has 1 atom stereocenters. The highest BCUT2D eigenvalue weighted by molar-refractivity contribution is 7.92. The van der Waals surface area contributed by atoms with E-state index in [1.165, 1.54) is 17.0 Å². The minimum absolute atomic E-state index is 0.0665. The number of anilines is 1. The predicted octanol–water partition coefficient (Wildman–Crippen LogP) is 5.28. The quantitative estimate of drug-likeness (QED) is 0.221. The summed E-state index contributed by atoms with van der Waals surface area (Å²) in [5.41, 5.74) is 3.82. The number of aryl methyl sites for hydroxylation is 2. The Bertz CT molecular complexity index is 1660. The molecule has 230 valence electrons. The smallest absolute Gasteiger partial charge is 0.264 e. The van der Waals surface area contributed by atoms with Gasteiger partial charge in [-0.15, -0.1) is 0 Å². The third-order valence-electron chi connectivity index (χ3n) is 7.32. The molecule has 0 radical (unpaired) electrons. The third-order valence-corrected chi connectivity index (χ3v) is 9.11. The highest BCUT2D eigenvalue weighted by atomic mass is 32.2. The highest BCUT2D eigenvalue weighted by Gasteiger charge is 2.34. The molecule has 0 aliphatic carbocycles. The van der Waals surface area contributed by atoms with Crippen molar-refractivity contribution in [3.63, 3.8) is 0 Å². The summed E-state index contributed by atoms with van der Waals surface area (Å²) >= 11 is 0. The van der Waals surface area contributed by atoms with Crippen LogP contribution in [0.15, 0.2) is 108 Å². The molecule has 44 heavy (non-hydrogen) atoms. The summed E-state index contributed by atoms with van der Waals surface area (Å²) in [4.78, 5) is 29.6. The van der Waals surface area contributed by atoms with Gasteiger partial charge < -0.3 is 15.0 Å². The summed E-state index contributed by atoms with van der Waals surface area (Å²) in [6.45, 7) is 5.54. The molecule has 0 aromatic heterocycles.